The number of rotatable bonds is 6. The highest BCUT2D eigenvalue weighted by Gasteiger charge is 2.52. The summed E-state index contributed by atoms with van der Waals surface area (Å²) in [5, 5.41) is 2.75. The molecule has 1 saturated heterocycles. The zero-order valence-electron chi connectivity index (χ0n) is 10.8. The quantitative estimate of drug-likeness (QED) is 0.714. The Balaban J connectivity index is 1.89. The van der Waals surface area contributed by atoms with Crippen LogP contribution in [0.25, 0.3) is 0 Å². The van der Waals surface area contributed by atoms with Crippen LogP contribution in [0.2, 0.25) is 0 Å². The minimum absolute atomic E-state index is 0.0180. The van der Waals surface area contributed by atoms with E-state index in [0.29, 0.717) is 0 Å². The SMILES string of the molecule is CC1(C2CC2)NC(=O)CN(CCOCC(F)F)C1=O. The van der Waals surface area contributed by atoms with Crippen molar-refractivity contribution in [3.05, 3.63) is 0 Å². The predicted octanol–water partition coefficient (Wildman–Crippen LogP) is 0.395. The van der Waals surface area contributed by atoms with Gasteiger partial charge in [-0.2, -0.15) is 0 Å². The Bertz CT molecular complexity index is 374. The number of hydrogen-bond acceptors (Lipinski definition) is 3. The van der Waals surface area contributed by atoms with Gasteiger partial charge >= 0.3 is 0 Å². The average molecular weight is 276 g/mol. The molecule has 0 aromatic heterocycles. The molecule has 1 heterocycles. The number of alkyl halides is 2. The van der Waals surface area contributed by atoms with E-state index < -0.39 is 18.6 Å². The number of halogens is 2. The van der Waals surface area contributed by atoms with E-state index in [0.717, 1.165) is 12.8 Å². The van der Waals surface area contributed by atoms with Crippen molar-refractivity contribution in [2.75, 3.05) is 26.3 Å². The van der Waals surface area contributed by atoms with Crippen LogP contribution < -0.4 is 5.32 Å². The lowest BCUT2D eigenvalue weighted by molar-refractivity contribution is -0.151. The number of carbonyl (C=O) groups excluding carboxylic acids is 2. The van der Waals surface area contributed by atoms with Gasteiger partial charge in [-0.05, 0) is 25.7 Å². The van der Waals surface area contributed by atoms with Gasteiger partial charge in [-0.25, -0.2) is 8.78 Å². The highest BCUT2D eigenvalue weighted by molar-refractivity contribution is 5.98. The first-order chi connectivity index (χ1) is 8.93. The highest BCUT2D eigenvalue weighted by atomic mass is 19.3. The third-order valence-corrected chi connectivity index (χ3v) is 3.61. The Labute approximate surface area is 110 Å². The molecule has 1 aliphatic heterocycles. The van der Waals surface area contributed by atoms with E-state index in [2.05, 4.69) is 5.32 Å². The van der Waals surface area contributed by atoms with Crippen LogP contribution in [-0.4, -0.2) is 55.0 Å². The molecular formula is C12H18F2N2O3. The second-order valence-corrected chi connectivity index (χ2v) is 5.22. The molecule has 2 fully saturated rings. The third-order valence-electron chi connectivity index (χ3n) is 3.61. The van der Waals surface area contributed by atoms with Gasteiger partial charge in [-0.3, -0.25) is 9.59 Å². The van der Waals surface area contributed by atoms with Crippen LogP contribution in [0.1, 0.15) is 19.8 Å². The summed E-state index contributed by atoms with van der Waals surface area (Å²) in [7, 11) is 0. The number of nitrogens with one attached hydrogen (secondary N) is 1. The summed E-state index contributed by atoms with van der Waals surface area (Å²) in [5.41, 5.74) is -0.835. The molecule has 0 aromatic carbocycles. The maximum Gasteiger partial charge on any atom is 0.261 e. The molecule has 1 aliphatic carbocycles. The zero-order chi connectivity index (χ0) is 14.0. The molecule has 1 N–H and O–H groups in total. The monoisotopic (exact) mass is 276 g/mol. The summed E-state index contributed by atoms with van der Waals surface area (Å²) in [4.78, 5) is 25.3. The summed E-state index contributed by atoms with van der Waals surface area (Å²) in [6.07, 6.45) is -0.659. The number of nitrogens with zero attached hydrogens (tertiary/aromatic N) is 1. The van der Waals surface area contributed by atoms with Crippen LogP contribution in [-0.2, 0) is 14.3 Å². The largest absolute Gasteiger partial charge is 0.374 e. The van der Waals surface area contributed by atoms with E-state index in [-0.39, 0.29) is 37.4 Å². The van der Waals surface area contributed by atoms with Crippen LogP contribution >= 0.6 is 0 Å². The third kappa shape index (κ3) is 3.20. The normalized spacial score (nSPS) is 27.9. The fraction of sp³-hybridized carbons (Fsp3) is 0.833. The van der Waals surface area contributed by atoms with Crippen LogP contribution in [0.15, 0.2) is 0 Å². The van der Waals surface area contributed by atoms with Gasteiger partial charge in [0.25, 0.3) is 6.43 Å². The Morgan fingerprint density at radius 1 is 1.47 bits per heavy atom. The molecule has 108 valence electrons. The summed E-state index contributed by atoms with van der Waals surface area (Å²) >= 11 is 0. The standard InChI is InChI=1S/C12H18F2N2O3/c1-12(8-2-3-8)11(18)16(6-10(17)15-12)4-5-19-7-9(13)14/h8-9H,2-7H2,1H3,(H,15,17). The first-order valence-corrected chi connectivity index (χ1v) is 6.40. The molecule has 0 bridgehead atoms. The van der Waals surface area contributed by atoms with Gasteiger partial charge < -0.3 is 15.0 Å². The van der Waals surface area contributed by atoms with Crippen molar-refractivity contribution in [3.8, 4) is 0 Å². The summed E-state index contributed by atoms with van der Waals surface area (Å²) in [6, 6.07) is 0. The summed E-state index contributed by atoms with van der Waals surface area (Å²) in [6.45, 7) is 1.25. The van der Waals surface area contributed by atoms with Gasteiger partial charge in [0, 0.05) is 6.54 Å². The first-order valence-electron chi connectivity index (χ1n) is 6.40. The van der Waals surface area contributed by atoms with Gasteiger partial charge in [-0.1, -0.05) is 0 Å². The molecule has 5 nitrogen and oxygen atoms in total. The number of hydrogen-bond donors (Lipinski definition) is 1. The molecule has 1 unspecified atom stereocenters. The van der Waals surface area contributed by atoms with Crippen LogP contribution in [0.5, 0.6) is 0 Å². The Hall–Kier alpha value is -1.24. The van der Waals surface area contributed by atoms with Crippen molar-refractivity contribution in [1.29, 1.82) is 0 Å². The molecular weight excluding hydrogens is 258 g/mol. The van der Waals surface area contributed by atoms with Crippen molar-refractivity contribution in [1.82, 2.24) is 10.2 Å². The van der Waals surface area contributed by atoms with Crippen LogP contribution in [0, 0.1) is 5.92 Å². The molecule has 1 atom stereocenters. The lowest BCUT2D eigenvalue weighted by Crippen LogP contribution is -2.66. The predicted molar refractivity (Wildman–Crippen MR) is 62.7 cm³/mol. The van der Waals surface area contributed by atoms with Crippen molar-refractivity contribution >= 4 is 11.8 Å². The molecule has 2 aliphatic rings. The minimum atomic E-state index is -2.52. The maximum atomic E-state index is 12.3. The van der Waals surface area contributed by atoms with Gasteiger partial charge in [0.15, 0.2) is 0 Å². The maximum absolute atomic E-state index is 12.3. The zero-order valence-corrected chi connectivity index (χ0v) is 10.8. The molecule has 0 radical (unpaired) electrons. The number of piperazine rings is 1. The molecule has 19 heavy (non-hydrogen) atoms. The molecule has 0 aromatic rings. The molecule has 1 saturated carbocycles. The topological polar surface area (TPSA) is 58.6 Å². The van der Waals surface area contributed by atoms with Gasteiger partial charge in [0.2, 0.25) is 11.8 Å². The van der Waals surface area contributed by atoms with Crippen molar-refractivity contribution in [3.63, 3.8) is 0 Å². The van der Waals surface area contributed by atoms with E-state index >= 15 is 0 Å². The van der Waals surface area contributed by atoms with Gasteiger partial charge in [0.1, 0.15) is 12.1 Å². The van der Waals surface area contributed by atoms with E-state index in [4.69, 9.17) is 4.74 Å². The van der Waals surface area contributed by atoms with E-state index in [1.807, 2.05) is 0 Å². The molecule has 7 heteroatoms. The van der Waals surface area contributed by atoms with Crippen molar-refractivity contribution in [2.45, 2.75) is 31.7 Å². The lowest BCUT2D eigenvalue weighted by Gasteiger charge is -2.40. The van der Waals surface area contributed by atoms with E-state index in [9.17, 15) is 18.4 Å². The van der Waals surface area contributed by atoms with Crippen LogP contribution in [0.3, 0.4) is 0 Å². The average Bonchev–Trinajstić information content (AvgIpc) is 3.14. The summed E-state index contributed by atoms with van der Waals surface area (Å²) < 4.78 is 28.6. The second kappa shape index (κ2) is 5.40. The Morgan fingerprint density at radius 3 is 2.74 bits per heavy atom. The van der Waals surface area contributed by atoms with Crippen LogP contribution in [0.4, 0.5) is 8.78 Å². The smallest absolute Gasteiger partial charge is 0.261 e. The minimum Gasteiger partial charge on any atom is -0.374 e. The number of ether oxygens (including phenoxy) is 1. The molecule has 2 rings (SSSR count). The van der Waals surface area contributed by atoms with Gasteiger partial charge in [-0.15, -0.1) is 0 Å². The number of carbonyl (C=O) groups is 2. The summed E-state index contributed by atoms with van der Waals surface area (Å²) in [5.74, 6) is -0.160. The fourth-order valence-electron chi connectivity index (χ4n) is 2.42. The lowest BCUT2D eigenvalue weighted by atomic mass is 9.91. The second-order valence-electron chi connectivity index (χ2n) is 5.22. The van der Waals surface area contributed by atoms with Crippen molar-refractivity contribution in [2.24, 2.45) is 5.92 Å². The van der Waals surface area contributed by atoms with Crippen molar-refractivity contribution < 1.29 is 23.1 Å². The fourth-order valence-corrected chi connectivity index (χ4v) is 2.42. The van der Waals surface area contributed by atoms with E-state index in [1.54, 1.807) is 6.92 Å². The molecule has 0 spiro atoms. The van der Waals surface area contributed by atoms with E-state index in [1.165, 1.54) is 4.90 Å². The Kier molecular flexibility index (Phi) is 4.03. The highest BCUT2D eigenvalue weighted by Crippen LogP contribution is 2.41. The Morgan fingerprint density at radius 2 is 2.16 bits per heavy atom. The number of amides is 2. The molecule has 2 amide bonds. The first kappa shape index (κ1) is 14.2. The van der Waals surface area contributed by atoms with Gasteiger partial charge in [0.05, 0.1) is 13.2 Å².